The molecule has 0 aliphatic carbocycles. The number of nitrogens with zero attached hydrogens (tertiary/aromatic N) is 1. The van der Waals surface area contributed by atoms with Gasteiger partial charge < -0.3 is 15.3 Å². The molecule has 0 aromatic heterocycles. The van der Waals surface area contributed by atoms with Crippen LogP contribution in [0.1, 0.15) is 29.6 Å². The summed E-state index contributed by atoms with van der Waals surface area (Å²) in [5, 5.41) is 13.3. The number of nitrogens with one attached hydrogen (secondary N) is 1. The van der Waals surface area contributed by atoms with E-state index in [1.165, 1.54) is 6.42 Å². The van der Waals surface area contributed by atoms with Crippen LogP contribution >= 0.6 is 0 Å². The second kappa shape index (κ2) is 4.61. The lowest BCUT2D eigenvalue weighted by molar-refractivity contribution is 0.0745. The molecule has 4 heteroatoms. The first-order valence-corrected chi connectivity index (χ1v) is 6.57. The molecule has 2 N–H and O–H groups in total. The Kier molecular flexibility index (Phi) is 2.96. The van der Waals surface area contributed by atoms with Crippen molar-refractivity contribution in [2.75, 3.05) is 13.1 Å². The van der Waals surface area contributed by atoms with E-state index in [-0.39, 0.29) is 11.7 Å². The number of hydrogen-bond donors (Lipinski definition) is 2. The zero-order chi connectivity index (χ0) is 12.5. The Morgan fingerprint density at radius 2 is 2.00 bits per heavy atom. The molecule has 1 aromatic rings. The predicted molar refractivity (Wildman–Crippen MR) is 68.6 cm³/mol. The van der Waals surface area contributed by atoms with E-state index in [1.807, 2.05) is 4.90 Å². The van der Waals surface area contributed by atoms with Gasteiger partial charge in [-0.3, -0.25) is 4.79 Å². The zero-order valence-corrected chi connectivity index (χ0v) is 10.3. The molecule has 0 spiro atoms. The molecule has 2 bridgehead atoms. The number of benzene rings is 1. The van der Waals surface area contributed by atoms with Crippen molar-refractivity contribution in [2.24, 2.45) is 0 Å². The van der Waals surface area contributed by atoms with E-state index in [0.29, 0.717) is 17.6 Å². The number of phenolic OH excluding ortho intramolecular Hbond substituents is 1. The van der Waals surface area contributed by atoms with Gasteiger partial charge in [-0.15, -0.1) is 0 Å². The zero-order valence-electron chi connectivity index (χ0n) is 10.3. The highest BCUT2D eigenvalue weighted by Crippen LogP contribution is 2.23. The topological polar surface area (TPSA) is 52.6 Å². The third-order valence-electron chi connectivity index (χ3n) is 3.94. The monoisotopic (exact) mass is 246 g/mol. The van der Waals surface area contributed by atoms with Crippen molar-refractivity contribution in [1.29, 1.82) is 0 Å². The van der Waals surface area contributed by atoms with Gasteiger partial charge in [0.25, 0.3) is 5.91 Å². The van der Waals surface area contributed by atoms with Crippen molar-refractivity contribution in [3.05, 3.63) is 29.8 Å². The fourth-order valence-corrected chi connectivity index (χ4v) is 2.95. The van der Waals surface area contributed by atoms with Gasteiger partial charge in [0, 0.05) is 25.2 Å². The molecular weight excluding hydrogens is 228 g/mol. The van der Waals surface area contributed by atoms with Gasteiger partial charge in [-0.1, -0.05) is 12.1 Å². The fraction of sp³-hybridized carbons (Fsp3) is 0.500. The van der Waals surface area contributed by atoms with Crippen molar-refractivity contribution < 1.29 is 9.90 Å². The molecule has 4 nitrogen and oxygen atoms in total. The highest BCUT2D eigenvalue weighted by molar-refractivity contribution is 5.96. The molecule has 96 valence electrons. The van der Waals surface area contributed by atoms with Gasteiger partial charge in [0.05, 0.1) is 5.56 Å². The summed E-state index contributed by atoms with van der Waals surface area (Å²) in [6, 6.07) is 7.76. The lowest BCUT2D eigenvalue weighted by Gasteiger charge is -2.24. The minimum atomic E-state index is -0.0533. The highest BCUT2D eigenvalue weighted by Gasteiger charge is 2.31. The first-order chi connectivity index (χ1) is 8.74. The van der Waals surface area contributed by atoms with E-state index >= 15 is 0 Å². The summed E-state index contributed by atoms with van der Waals surface area (Å²) in [7, 11) is 0. The molecule has 2 atom stereocenters. The Morgan fingerprint density at radius 3 is 2.83 bits per heavy atom. The summed E-state index contributed by atoms with van der Waals surface area (Å²) >= 11 is 0. The summed E-state index contributed by atoms with van der Waals surface area (Å²) in [5.41, 5.74) is 0.412. The normalized spacial score (nSPS) is 27.0. The number of hydrogen-bond acceptors (Lipinski definition) is 3. The van der Waals surface area contributed by atoms with E-state index in [2.05, 4.69) is 5.32 Å². The molecule has 0 radical (unpaired) electrons. The minimum absolute atomic E-state index is 0.0533. The molecule has 18 heavy (non-hydrogen) atoms. The second-order valence-electron chi connectivity index (χ2n) is 5.19. The number of para-hydroxylation sites is 1. The Morgan fingerprint density at radius 1 is 1.22 bits per heavy atom. The Labute approximate surface area is 107 Å². The van der Waals surface area contributed by atoms with Gasteiger partial charge >= 0.3 is 0 Å². The lowest BCUT2D eigenvalue weighted by Crippen LogP contribution is -2.39. The quantitative estimate of drug-likeness (QED) is 0.786. The fourth-order valence-electron chi connectivity index (χ4n) is 2.95. The third-order valence-corrected chi connectivity index (χ3v) is 3.94. The maximum Gasteiger partial charge on any atom is 0.257 e. The van der Waals surface area contributed by atoms with Crippen LogP contribution in [0.15, 0.2) is 24.3 Å². The largest absolute Gasteiger partial charge is 0.507 e. The number of likely N-dealkylation sites (tertiary alicyclic amines) is 1. The standard InChI is InChI=1S/C14H18N2O2/c17-13-4-2-1-3-12(13)14(18)16-8-7-10-5-6-11(9-16)15-10/h1-4,10-11,15,17H,5-9H2. The van der Waals surface area contributed by atoms with Crippen LogP contribution in [-0.4, -0.2) is 41.1 Å². The van der Waals surface area contributed by atoms with Crippen molar-refractivity contribution in [2.45, 2.75) is 31.3 Å². The van der Waals surface area contributed by atoms with E-state index in [4.69, 9.17) is 0 Å². The maximum absolute atomic E-state index is 12.4. The predicted octanol–water partition coefficient (Wildman–Crippen LogP) is 1.36. The molecule has 1 amide bonds. The molecule has 2 heterocycles. The van der Waals surface area contributed by atoms with Gasteiger partial charge in [0.15, 0.2) is 0 Å². The summed E-state index contributed by atoms with van der Waals surface area (Å²) in [4.78, 5) is 14.3. The van der Waals surface area contributed by atoms with Crippen molar-refractivity contribution in [3.63, 3.8) is 0 Å². The molecule has 2 aliphatic heterocycles. The van der Waals surface area contributed by atoms with Crippen molar-refractivity contribution >= 4 is 5.91 Å². The van der Waals surface area contributed by atoms with Crippen LogP contribution < -0.4 is 5.32 Å². The van der Waals surface area contributed by atoms with E-state index in [0.717, 1.165) is 25.9 Å². The molecule has 3 rings (SSSR count). The molecule has 1 aromatic carbocycles. The Balaban J connectivity index is 1.78. The van der Waals surface area contributed by atoms with Crippen LogP contribution in [0, 0.1) is 0 Å². The average molecular weight is 246 g/mol. The van der Waals surface area contributed by atoms with E-state index in [9.17, 15) is 9.90 Å². The smallest absolute Gasteiger partial charge is 0.257 e. The van der Waals surface area contributed by atoms with Gasteiger partial charge in [-0.25, -0.2) is 0 Å². The Hall–Kier alpha value is -1.55. The maximum atomic E-state index is 12.4. The number of aromatic hydroxyl groups is 1. The summed E-state index contributed by atoms with van der Waals surface area (Å²) in [6.45, 7) is 1.53. The van der Waals surface area contributed by atoms with Gasteiger partial charge in [0.1, 0.15) is 5.75 Å². The first kappa shape index (κ1) is 11.5. The molecule has 2 unspecified atom stereocenters. The number of phenols is 1. The van der Waals surface area contributed by atoms with Gasteiger partial charge in [0.2, 0.25) is 0 Å². The lowest BCUT2D eigenvalue weighted by atomic mass is 10.1. The molecule has 2 fully saturated rings. The second-order valence-corrected chi connectivity index (χ2v) is 5.19. The van der Waals surface area contributed by atoms with Crippen molar-refractivity contribution in [1.82, 2.24) is 10.2 Å². The number of amides is 1. The summed E-state index contributed by atoms with van der Waals surface area (Å²) in [6.07, 6.45) is 3.38. The highest BCUT2D eigenvalue weighted by atomic mass is 16.3. The SMILES string of the molecule is O=C(c1ccccc1O)N1CCC2CCC(C1)N2. The molecule has 0 saturated carbocycles. The van der Waals surface area contributed by atoms with E-state index < -0.39 is 0 Å². The van der Waals surface area contributed by atoms with Gasteiger partial charge in [-0.2, -0.15) is 0 Å². The van der Waals surface area contributed by atoms with Crippen LogP contribution in [0.4, 0.5) is 0 Å². The van der Waals surface area contributed by atoms with Crippen LogP contribution in [0.5, 0.6) is 5.75 Å². The van der Waals surface area contributed by atoms with E-state index in [1.54, 1.807) is 24.3 Å². The number of rotatable bonds is 1. The Bertz CT molecular complexity index is 461. The summed E-state index contributed by atoms with van der Waals surface area (Å²) < 4.78 is 0. The van der Waals surface area contributed by atoms with Crippen molar-refractivity contribution in [3.8, 4) is 5.75 Å². The average Bonchev–Trinajstić information content (AvgIpc) is 2.69. The van der Waals surface area contributed by atoms with Crippen LogP contribution in [0.25, 0.3) is 0 Å². The van der Waals surface area contributed by atoms with Crippen LogP contribution in [-0.2, 0) is 0 Å². The number of carbonyl (C=O) groups excluding carboxylic acids is 1. The minimum Gasteiger partial charge on any atom is -0.507 e. The third kappa shape index (κ3) is 2.08. The molecular formula is C14H18N2O2. The number of fused-ring (bicyclic) bond motifs is 2. The summed E-state index contributed by atoms with van der Waals surface area (Å²) in [5.74, 6) is 0.0207. The van der Waals surface area contributed by atoms with Crippen LogP contribution in [0.3, 0.4) is 0 Å². The van der Waals surface area contributed by atoms with Crippen LogP contribution in [0.2, 0.25) is 0 Å². The van der Waals surface area contributed by atoms with Gasteiger partial charge in [-0.05, 0) is 31.4 Å². The number of carbonyl (C=O) groups is 1. The molecule has 2 aliphatic rings. The molecule has 2 saturated heterocycles. The first-order valence-electron chi connectivity index (χ1n) is 6.57.